The van der Waals surface area contributed by atoms with E-state index in [1.807, 2.05) is 6.07 Å². The van der Waals surface area contributed by atoms with Crippen molar-refractivity contribution in [3.8, 4) is 0 Å². The molecule has 0 saturated heterocycles. The first-order chi connectivity index (χ1) is 14.4. The molecule has 0 radical (unpaired) electrons. The van der Waals surface area contributed by atoms with Gasteiger partial charge in [-0.3, -0.25) is 9.59 Å². The van der Waals surface area contributed by atoms with Gasteiger partial charge in [0.05, 0.1) is 0 Å². The minimum absolute atomic E-state index is 0.0468. The van der Waals surface area contributed by atoms with Gasteiger partial charge in [-0.25, -0.2) is 4.98 Å². The van der Waals surface area contributed by atoms with Crippen LogP contribution in [0.25, 0.3) is 0 Å². The molecule has 152 valence electrons. The topological polar surface area (TPSA) is 186 Å². The molecule has 3 rings (SSSR count). The molecule has 1 atom stereocenters. The first kappa shape index (κ1) is 20.3. The lowest BCUT2D eigenvalue weighted by Crippen LogP contribution is -2.28. The smallest absolute Gasteiger partial charge is 0.254 e. The molecule has 10 nitrogen and oxygen atoms in total. The van der Waals surface area contributed by atoms with Crippen LogP contribution in [0.3, 0.4) is 0 Å². The van der Waals surface area contributed by atoms with Gasteiger partial charge in [0.25, 0.3) is 5.91 Å². The minimum Gasteiger partial charge on any atom is -0.398 e. The highest BCUT2D eigenvalue weighted by Crippen LogP contribution is 2.24. The van der Waals surface area contributed by atoms with Crippen molar-refractivity contribution in [1.82, 2.24) is 9.97 Å². The third kappa shape index (κ3) is 4.50. The van der Waals surface area contributed by atoms with Crippen LogP contribution in [0.1, 0.15) is 27.5 Å². The van der Waals surface area contributed by atoms with E-state index in [1.165, 1.54) is 6.20 Å². The Morgan fingerprint density at radius 3 is 2.43 bits per heavy atom. The number of aromatic nitrogens is 2. The van der Waals surface area contributed by atoms with Crippen LogP contribution in [0.2, 0.25) is 0 Å². The summed E-state index contributed by atoms with van der Waals surface area (Å²) >= 11 is 0. The summed E-state index contributed by atoms with van der Waals surface area (Å²) in [6.45, 7) is 0. The summed E-state index contributed by atoms with van der Waals surface area (Å²) in [4.78, 5) is 32.1. The molecule has 0 spiro atoms. The standard InChI is InChI=1S/C20H20N8O2/c21-9-12-6-7-13(8-15(12)22)26-19-14(17(23)29)10-25-20(28-19)27-16(18(24)30)11-4-2-1-3-5-11/h1-10,16,21H,22H2,(H2,23,29)(H2,24,30)(H2,25,26,27,28)/t16-/m1/s1. The zero-order chi connectivity index (χ0) is 21.7. The second-order valence-corrected chi connectivity index (χ2v) is 6.32. The van der Waals surface area contributed by atoms with Crippen molar-refractivity contribution in [1.29, 1.82) is 5.41 Å². The molecular formula is C20H20N8O2. The van der Waals surface area contributed by atoms with Gasteiger partial charge in [-0.1, -0.05) is 30.3 Å². The van der Waals surface area contributed by atoms with E-state index in [0.29, 0.717) is 22.5 Å². The number of amides is 2. The second-order valence-electron chi connectivity index (χ2n) is 6.32. The average molecular weight is 404 g/mol. The molecule has 1 heterocycles. The zero-order valence-corrected chi connectivity index (χ0v) is 15.8. The number of anilines is 4. The second kappa shape index (κ2) is 8.69. The molecule has 0 aliphatic carbocycles. The molecular weight excluding hydrogens is 384 g/mol. The molecule has 0 aliphatic rings. The number of carbonyl (C=O) groups is 2. The number of rotatable bonds is 8. The monoisotopic (exact) mass is 404 g/mol. The van der Waals surface area contributed by atoms with Crippen LogP contribution in [0.5, 0.6) is 0 Å². The maximum atomic E-state index is 11.9. The van der Waals surface area contributed by atoms with E-state index < -0.39 is 17.9 Å². The molecule has 9 N–H and O–H groups in total. The highest BCUT2D eigenvalue weighted by molar-refractivity contribution is 5.98. The summed E-state index contributed by atoms with van der Waals surface area (Å²) < 4.78 is 0. The van der Waals surface area contributed by atoms with Gasteiger partial charge >= 0.3 is 0 Å². The first-order valence-electron chi connectivity index (χ1n) is 8.83. The van der Waals surface area contributed by atoms with Gasteiger partial charge in [0, 0.05) is 29.3 Å². The predicted molar refractivity (Wildman–Crippen MR) is 115 cm³/mol. The van der Waals surface area contributed by atoms with Gasteiger partial charge in [-0.15, -0.1) is 0 Å². The van der Waals surface area contributed by atoms with Crippen molar-refractivity contribution in [2.45, 2.75) is 6.04 Å². The summed E-state index contributed by atoms with van der Waals surface area (Å²) in [6, 6.07) is 12.9. The number of nitrogens with zero attached hydrogens (tertiary/aromatic N) is 2. The summed E-state index contributed by atoms with van der Waals surface area (Å²) in [5.41, 5.74) is 19.0. The number of hydrogen-bond acceptors (Lipinski definition) is 8. The fourth-order valence-corrected chi connectivity index (χ4v) is 2.74. The first-order valence-corrected chi connectivity index (χ1v) is 8.83. The number of hydrogen-bond donors (Lipinski definition) is 6. The normalized spacial score (nSPS) is 11.3. The van der Waals surface area contributed by atoms with Crippen LogP contribution in [0.4, 0.5) is 23.1 Å². The summed E-state index contributed by atoms with van der Waals surface area (Å²) in [7, 11) is 0. The quantitative estimate of drug-likeness (QED) is 0.243. The number of primary amides is 2. The molecule has 0 unspecified atom stereocenters. The van der Waals surface area contributed by atoms with E-state index in [9.17, 15) is 9.59 Å². The average Bonchev–Trinajstić information content (AvgIpc) is 2.72. The Morgan fingerprint density at radius 1 is 1.10 bits per heavy atom. The van der Waals surface area contributed by atoms with Crippen LogP contribution in [0.15, 0.2) is 54.7 Å². The van der Waals surface area contributed by atoms with Gasteiger partial charge in [0.2, 0.25) is 11.9 Å². The fourth-order valence-electron chi connectivity index (χ4n) is 2.74. The number of nitrogens with one attached hydrogen (secondary N) is 3. The van der Waals surface area contributed by atoms with Crippen LogP contribution in [0, 0.1) is 5.41 Å². The lowest BCUT2D eigenvalue weighted by Gasteiger charge is -2.17. The van der Waals surface area contributed by atoms with E-state index in [0.717, 1.165) is 6.21 Å². The van der Waals surface area contributed by atoms with Crippen LogP contribution >= 0.6 is 0 Å². The Labute approximate surface area is 172 Å². The molecule has 0 bridgehead atoms. The highest BCUT2D eigenvalue weighted by atomic mass is 16.1. The molecule has 2 amide bonds. The largest absolute Gasteiger partial charge is 0.398 e. The van der Waals surface area contributed by atoms with Gasteiger partial charge in [-0.05, 0) is 23.8 Å². The third-order valence-electron chi connectivity index (χ3n) is 4.25. The summed E-state index contributed by atoms with van der Waals surface area (Å²) in [5, 5.41) is 13.2. The van der Waals surface area contributed by atoms with E-state index in [-0.39, 0.29) is 17.3 Å². The lowest BCUT2D eigenvalue weighted by atomic mass is 10.1. The lowest BCUT2D eigenvalue weighted by molar-refractivity contribution is -0.118. The van der Waals surface area contributed by atoms with E-state index in [4.69, 9.17) is 22.6 Å². The molecule has 3 aromatic rings. The number of nitrogen functional groups attached to an aromatic ring is 1. The Hall–Kier alpha value is -4.47. The molecule has 0 fully saturated rings. The summed E-state index contributed by atoms with van der Waals surface area (Å²) in [6.07, 6.45) is 2.38. The van der Waals surface area contributed by atoms with Crippen molar-refractivity contribution in [2.75, 3.05) is 16.4 Å². The molecule has 0 saturated carbocycles. The van der Waals surface area contributed by atoms with Crippen LogP contribution in [-0.4, -0.2) is 28.0 Å². The van der Waals surface area contributed by atoms with Crippen molar-refractivity contribution in [3.05, 3.63) is 71.4 Å². The number of nitrogens with two attached hydrogens (primary N) is 3. The fraction of sp³-hybridized carbons (Fsp3) is 0.0500. The molecule has 0 aliphatic heterocycles. The Morgan fingerprint density at radius 2 is 1.83 bits per heavy atom. The van der Waals surface area contributed by atoms with Gasteiger partial charge in [0.15, 0.2) is 0 Å². The third-order valence-corrected chi connectivity index (χ3v) is 4.25. The molecule has 30 heavy (non-hydrogen) atoms. The van der Waals surface area contributed by atoms with Crippen molar-refractivity contribution >= 4 is 41.2 Å². The number of benzene rings is 2. The van der Waals surface area contributed by atoms with Gasteiger partial charge in [-0.2, -0.15) is 4.98 Å². The maximum absolute atomic E-state index is 11.9. The van der Waals surface area contributed by atoms with E-state index in [1.54, 1.807) is 42.5 Å². The predicted octanol–water partition coefficient (Wildman–Crippen LogP) is 1.54. The molecule has 2 aromatic carbocycles. The Kier molecular flexibility index (Phi) is 5.87. The Bertz CT molecular complexity index is 1100. The summed E-state index contributed by atoms with van der Waals surface area (Å²) in [5.74, 6) is -1.16. The van der Waals surface area contributed by atoms with E-state index in [2.05, 4.69) is 20.6 Å². The van der Waals surface area contributed by atoms with Crippen LogP contribution in [-0.2, 0) is 4.79 Å². The van der Waals surface area contributed by atoms with Gasteiger partial charge < -0.3 is 33.2 Å². The Balaban J connectivity index is 1.94. The highest BCUT2D eigenvalue weighted by Gasteiger charge is 2.20. The molecule has 1 aromatic heterocycles. The molecule has 10 heteroatoms. The van der Waals surface area contributed by atoms with Crippen LogP contribution < -0.4 is 27.8 Å². The SMILES string of the molecule is N=Cc1ccc(Nc2nc(N[C@@H](C(N)=O)c3ccccc3)ncc2C(N)=O)cc1N. The minimum atomic E-state index is -0.874. The van der Waals surface area contributed by atoms with Crippen molar-refractivity contribution in [3.63, 3.8) is 0 Å². The van der Waals surface area contributed by atoms with Crippen molar-refractivity contribution in [2.24, 2.45) is 11.5 Å². The zero-order valence-electron chi connectivity index (χ0n) is 15.8. The number of carbonyl (C=O) groups excluding carboxylic acids is 2. The van der Waals surface area contributed by atoms with E-state index >= 15 is 0 Å². The van der Waals surface area contributed by atoms with Crippen molar-refractivity contribution < 1.29 is 9.59 Å². The van der Waals surface area contributed by atoms with Gasteiger partial charge in [0.1, 0.15) is 17.4 Å². The maximum Gasteiger partial charge on any atom is 0.254 e.